The highest BCUT2D eigenvalue weighted by Crippen LogP contribution is 2.12. The van der Waals surface area contributed by atoms with Crippen molar-refractivity contribution in [3.05, 3.63) is 80.0 Å². The first-order valence-electron chi connectivity index (χ1n) is 9.33. The Hall–Kier alpha value is -3.50. The zero-order valence-corrected chi connectivity index (χ0v) is 16.4. The maximum atomic E-state index is 13.2. The third-order valence-electron chi connectivity index (χ3n) is 4.74. The van der Waals surface area contributed by atoms with Crippen LogP contribution >= 0.6 is 11.3 Å². The minimum Gasteiger partial charge on any atom is -0.338 e. The van der Waals surface area contributed by atoms with Crippen molar-refractivity contribution in [1.82, 2.24) is 14.5 Å². The normalized spacial score (nSPS) is 15.3. The molecule has 1 aromatic carbocycles. The van der Waals surface area contributed by atoms with Gasteiger partial charge in [0.1, 0.15) is 10.7 Å². The van der Waals surface area contributed by atoms with E-state index in [1.165, 1.54) is 4.57 Å². The van der Waals surface area contributed by atoms with Crippen LogP contribution in [0.25, 0.3) is 17.3 Å². The quantitative estimate of drug-likeness (QED) is 0.664. The van der Waals surface area contributed by atoms with Crippen molar-refractivity contribution < 1.29 is 4.79 Å². The Morgan fingerprint density at radius 1 is 1.10 bits per heavy atom. The molecule has 1 amide bonds. The number of hydrogen-bond acceptors (Lipinski definition) is 5. The molecule has 29 heavy (non-hydrogen) atoms. The number of carbonyl (C=O) groups is 1. The molecule has 6 nitrogen and oxygen atoms in total. The van der Waals surface area contributed by atoms with Gasteiger partial charge in [0.25, 0.3) is 11.5 Å². The molecule has 144 valence electrons. The summed E-state index contributed by atoms with van der Waals surface area (Å²) in [4.78, 5) is 32.1. The van der Waals surface area contributed by atoms with Gasteiger partial charge >= 0.3 is 0 Å². The molecule has 4 rings (SSSR count). The van der Waals surface area contributed by atoms with Crippen molar-refractivity contribution in [3.63, 3.8) is 0 Å². The van der Waals surface area contributed by atoms with Gasteiger partial charge in [0.05, 0.1) is 15.9 Å². The molecule has 0 N–H and O–H groups in total. The van der Waals surface area contributed by atoms with Crippen LogP contribution in [0.4, 0.5) is 0 Å². The molecule has 7 heteroatoms. The first-order chi connectivity index (χ1) is 14.2. The second kappa shape index (κ2) is 8.25. The number of pyridine rings is 1. The Bertz CT molecular complexity index is 1250. The summed E-state index contributed by atoms with van der Waals surface area (Å²) in [5.74, 6) is -0.319. The van der Waals surface area contributed by atoms with Crippen LogP contribution in [0.2, 0.25) is 0 Å². The number of aromatic nitrogens is 2. The van der Waals surface area contributed by atoms with E-state index in [-0.39, 0.29) is 17.0 Å². The molecule has 3 heterocycles. The van der Waals surface area contributed by atoms with Crippen molar-refractivity contribution in [3.8, 4) is 11.8 Å². The number of benzene rings is 1. The van der Waals surface area contributed by atoms with E-state index in [0.717, 1.165) is 24.2 Å². The number of nitrogens with zero attached hydrogens (tertiary/aromatic N) is 4. The predicted octanol–water partition coefficient (Wildman–Crippen LogP) is 1.42. The van der Waals surface area contributed by atoms with Crippen molar-refractivity contribution in [1.29, 1.82) is 5.26 Å². The zero-order valence-electron chi connectivity index (χ0n) is 15.6. The summed E-state index contributed by atoms with van der Waals surface area (Å²) < 4.78 is 2.22. The smallest absolute Gasteiger partial charge is 0.273 e. The lowest BCUT2D eigenvalue weighted by molar-refractivity contribution is -0.123. The largest absolute Gasteiger partial charge is 0.338 e. The number of para-hydroxylation sites is 1. The maximum Gasteiger partial charge on any atom is 0.273 e. The van der Waals surface area contributed by atoms with E-state index in [1.807, 2.05) is 24.3 Å². The predicted molar refractivity (Wildman–Crippen MR) is 112 cm³/mol. The second-order valence-corrected chi connectivity index (χ2v) is 7.66. The average molecular weight is 402 g/mol. The molecule has 0 atom stereocenters. The summed E-state index contributed by atoms with van der Waals surface area (Å²) in [6, 6.07) is 16.6. The van der Waals surface area contributed by atoms with E-state index in [0.29, 0.717) is 33.7 Å². The van der Waals surface area contributed by atoms with Gasteiger partial charge in [-0.15, -0.1) is 11.3 Å². The highest BCUT2D eigenvalue weighted by atomic mass is 32.1. The van der Waals surface area contributed by atoms with E-state index in [1.54, 1.807) is 41.4 Å². The zero-order chi connectivity index (χ0) is 20.2. The van der Waals surface area contributed by atoms with Gasteiger partial charge in [-0.2, -0.15) is 5.26 Å². The van der Waals surface area contributed by atoms with Gasteiger partial charge < -0.3 is 4.90 Å². The third kappa shape index (κ3) is 3.75. The highest BCUT2D eigenvalue weighted by Gasteiger charge is 2.24. The highest BCUT2D eigenvalue weighted by molar-refractivity contribution is 7.07. The lowest BCUT2D eigenvalue weighted by atomic mass is 10.2. The molecule has 0 radical (unpaired) electrons. The van der Waals surface area contributed by atoms with Gasteiger partial charge in [0.15, 0.2) is 5.57 Å². The van der Waals surface area contributed by atoms with Crippen LogP contribution in [-0.4, -0.2) is 33.4 Å². The summed E-state index contributed by atoms with van der Waals surface area (Å²) in [7, 11) is 0. The summed E-state index contributed by atoms with van der Waals surface area (Å²) in [5.41, 5.74) is 0.982. The molecule has 1 aliphatic rings. The number of thiazole rings is 1. The molecule has 1 fully saturated rings. The van der Waals surface area contributed by atoms with E-state index in [9.17, 15) is 14.9 Å². The maximum absolute atomic E-state index is 13.2. The van der Waals surface area contributed by atoms with Crippen molar-refractivity contribution >= 4 is 28.9 Å². The monoisotopic (exact) mass is 402 g/mol. The third-order valence-corrected chi connectivity index (χ3v) is 5.83. The lowest BCUT2D eigenvalue weighted by Crippen LogP contribution is -2.35. The van der Waals surface area contributed by atoms with Crippen LogP contribution in [0, 0.1) is 11.3 Å². The average Bonchev–Trinajstić information content (AvgIpc) is 3.39. The molecular formula is C22H18N4O2S. The van der Waals surface area contributed by atoms with Gasteiger partial charge in [-0.3, -0.25) is 19.1 Å². The summed E-state index contributed by atoms with van der Waals surface area (Å²) in [5, 5.41) is 9.81. The number of amides is 1. The number of carbonyl (C=O) groups excluding carboxylic acids is 1. The van der Waals surface area contributed by atoms with Crippen LogP contribution in [0.1, 0.15) is 18.5 Å². The first-order valence-corrected chi connectivity index (χ1v) is 10.1. The summed E-state index contributed by atoms with van der Waals surface area (Å²) >= 11 is 1.14. The fraction of sp³-hybridized carbons (Fsp3) is 0.182. The minimum atomic E-state index is -0.319. The van der Waals surface area contributed by atoms with Gasteiger partial charge in [-0.1, -0.05) is 24.3 Å². The summed E-state index contributed by atoms with van der Waals surface area (Å²) in [6.07, 6.45) is 5.20. The number of rotatable bonds is 3. The number of nitriles is 1. The molecule has 1 aliphatic heterocycles. The molecule has 0 aliphatic carbocycles. The van der Waals surface area contributed by atoms with Crippen molar-refractivity contribution in [2.75, 3.05) is 13.1 Å². The van der Waals surface area contributed by atoms with Crippen molar-refractivity contribution in [2.24, 2.45) is 0 Å². The van der Waals surface area contributed by atoms with Gasteiger partial charge in [0, 0.05) is 19.3 Å². The number of hydrogen-bond donors (Lipinski definition) is 0. The van der Waals surface area contributed by atoms with E-state index in [4.69, 9.17) is 0 Å². The van der Waals surface area contributed by atoms with E-state index < -0.39 is 0 Å². The standard InChI is InChI=1S/C22H18N4O2S/c23-15-18(20(27)25-12-6-7-13-25)22-26(17-9-2-1-3-10-17)21(28)19(29-22)14-16-8-4-5-11-24-16/h1-5,8-11,14H,6-7,12-13H2. The Morgan fingerprint density at radius 2 is 1.83 bits per heavy atom. The Balaban J connectivity index is 2.01. The minimum absolute atomic E-state index is 0.00137. The van der Waals surface area contributed by atoms with Crippen LogP contribution in [0.3, 0.4) is 0 Å². The Morgan fingerprint density at radius 3 is 2.48 bits per heavy atom. The van der Waals surface area contributed by atoms with Gasteiger partial charge in [0.2, 0.25) is 0 Å². The molecule has 0 saturated carbocycles. The van der Waals surface area contributed by atoms with E-state index >= 15 is 0 Å². The number of likely N-dealkylation sites (tertiary alicyclic amines) is 1. The molecular weight excluding hydrogens is 384 g/mol. The van der Waals surface area contributed by atoms with E-state index in [2.05, 4.69) is 11.1 Å². The lowest BCUT2D eigenvalue weighted by Gasteiger charge is -2.14. The van der Waals surface area contributed by atoms with Crippen LogP contribution < -0.4 is 14.8 Å². The molecule has 2 aromatic heterocycles. The van der Waals surface area contributed by atoms with Crippen LogP contribution in [0.5, 0.6) is 0 Å². The molecule has 3 aromatic rings. The Kier molecular flexibility index (Phi) is 5.36. The molecule has 0 unspecified atom stereocenters. The fourth-order valence-electron chi connectivity index (χ4n) is 3.32. The summed E-state index contributed by atoms with van der Waals surface area (Å²) in [6.45, 7) is 1.27. The SMILES string of the molecule is N#CC(C(=O)N1CCCC1)=c1sc(=Cc2ccccn2)c(=O)n1-c1ccccc1. The Labute approximate surface area is 171 Å². The van der Waals surface area contributed by atoms with Gasteiger partial charge in [-0.25, -0.2) is 0 Å². The first kappa shape index (κ1) is 18.8. The van der Waals surface area contributed by atoms with Crippen LogP contribution in [-0.2, 0) is 4.79 Å². The second-order valence-electron chi connectivity index (χ2n) is 6.63. The molecule has 0 spiro atoms. The van der Waals surface area contributed by atoms with Crippen molar-refractivity contribution in [2.45, 2.75) is 12.8 Å². The molecule has 0 bridgehead atoms. The van der Waals surface area contributed by atoms with Crippen LogP contribution in [0.15, 0.2) is 59.5 Å². The topological polar surface area (TPSA) is 79.0 Å². The fourth-order valence-corrected chi connectivity index (χ4v) is 4.40. The van der Waals surface area contributed by atoms with Gasteiger partial charge in [-0.05, 0) is 43.2 Å². The molecule has 1 saturated heterocycles.